The van der Waals surface area contributed by atoms with Crippen LogP contribution in [0.1, 0.15) is 62.2 Å². The Bertz CT molecular complexity index is 1350. The number of halogens is 1. The highest BCUT2D eigenvalue weighted by Gasteiger charge is 2.44. The third-order valence-corrected chi connectivity index (χ3v) is 12.2. The molecule has 0 aliphatic heterocycles. The molecule has 0 unspecified atom stereocenters. The van der Waals surface area contributed by atoms with Crippen molar-refractivity contribution in [2.45, 2.75) is 51.9 Å². The van der Waals surface area contributed by atoms with Crippen LogP contribution in [0.2, 0.25) is 5.02 Å². The molecule has 4 aromatic rings. The zero-order chi connectivity index (χ0) is 31.6. The van der Waals surface area contributed by atoms with Gasteiger partial charge in [0.25, 0.3) is 5.69 Å². The molecular formula is C36H40ClNO5P+. The highest BCUT2D eigenvalue weighted by atomic mass is 35.5. The van der Waals surface area contributed by atoms with Crippen molar-refractivity contribution in [3.8, 4) is 0 Å². The number of rotatable bonds is 15. The lowest BCUT2D eigenvalue weighted by Gasteiger charge is -2.27. The Morgan fingerprint density at radius 2 is 1.20 bits per heavy atom. The van der Waals surface area contributed by atoms with Gasteiger partial charge in [-0.3, -0.25) is 19.7 Å². The number of unbranched alkanes of at least 4 members (excludes halogenated alkanes) is 6. The molecule has 230 valence electrons. The van der Waals surface area contributed by atoms with Crippen LogP contribution in [0.4, 0.5) is 5.69 Å². The predicted octanol–water partition coefficient (Wildman–Crippen LogP) is 8.34. The number of carbonyl (C=O) groups is 2. The number of nitrogens with zero attached hydrogens (tertiary/aromatic N) is 1. The number of nitro groups is 1. The number of hydrogen-bond donors (Lipinski definition) is 0. The molecule has 0 aliphatic carbocycles. The van der Waals surface area contributed by atoms with Crippen LogP contribution in [0.3, 0.4) is 0 Å². The molecule has 0 spiro atoms. The van der Waals surface area contributed by atoms with E-state index in [1.165, 1.54) is 73.2 Å². The molecule has 8 heteroatoms. The Morgan fingerprint density at radius 3 is 1.64 bits per heavy atom. The van der Waals surface area contributed by atoms with Gasteiger partial charge in [-0.1, -0.05) is 91.9 Å². The fourth-order valence-corrected chi connectivity index (χ4v) is 9.77. The van der Waals surface area contributed by atoms with Gasteiger partial charge in [0, 0.05) is 18.6 Å². The quantitative estimate of drug-likeness (QED) is 0.0328. The molecule has 0 radical (unpaired) electrons. The number of esters is 1. The van der Waals surface area contributed by atoms with Gasteiger partial charge >= 0.3 is 5.97 Å². The first kappa shape index (κ1) is 34.6. The topological polar surface area (TPSA) is 86.5 Å². The molecule has 4 rings (SSSR count). The van der Waals surface area contributed by atoms with Crippen LogP contribution >= 0.6 is 18.9 Å². The minimum Gasteiger partial charge on any atom is -0.466 e. The second-order valence-corrected chi connectivity index (χ2v) is 14.5. The van der Waals surface area contributed by atoms with Crippen molar-refractivity contribution in [2.75, 3.05) is 12.8 Å². The van der Waals surface area contributed by atoms with Crippen molar-refractivity contribution in [3.05, 3.63) is 130 Å². The van der Waals surface area contributed by atoms with E-state index in [-0.39, 0.29) is 22.2 Å². The fraction of sp³-hybridized carbons (Fsp3) is 0.278. The van der Waals surface area contributed by atoms with E-state index in [0.717, 1.165) is 18.9 Å². The molecule has 0 amide bonds. The maximum atomic E-state index is 10.8. The zero-order valence-electron chi connectivity index (χ0n) is 25.1. The molecule has 0 N–H and O–H groups in total. The lowest BCUT2D eigenvalue weighted by Crippen LogP contribution is -2.33. The molecule has 4 aromatic carbocycles. The maximum absolute atomic E-state index is 10.8. The maximum Gasteiger partial charge on any atom is 0.302 e. The third kappa shape index (κ3) is 10.4. The van der Waals surface area contributed by atoms with Crippen LogP contribution in [0.25, 0.3) is 0 Å². The lowest BCUT2D eigenvalue weighted by molar-refractivity contribution is -0.384. The number of hydrogen-bond acceptors (Lipinski definition) is 5. The Hall–Kier alpha value is -3.86. The van der Waals surface area contributed by atoms with Gasteiger partial charge in [-0.05, 0) is 67.8 Å². The number of carbonyl (C=O) groups excluding carboxylic acids is 2. The highest BCUT2D eigenvalue weighted by Crippen LogP contribution is 2.56. The first-order valence-corrected chi connectivity index (χ1v) is 17.3. The summed E-state index contributed by atoms with van der Waals surface area (Å²) in [5, 5.41) is 14.8. The molecule has 0 saturated carbocycles. The van der Waals surface area contributed by atoms with E-state index in [9.17, 15) is 19.7 Å². The van der Waals surface area contributed by atoms with Crippen molar-refractivity contribution in [1.29, 1.82) is 0 Å². The van der Waals surface area contributed by atoms with Crippen LogP contribution in [0, 0.1) is 10.1 Å². The van der Waals surface area contributed by atoms with E-state index in [2.05, 4.69) is 91.0 Å². The predicted molar refractivity (Wildman–Crippen MR) is 182 cm³/mol. The third-order valence-electron chi connectivity index (χ3n) is 7.34. The van der Waals surface area contributed by atoms with Gasteiger partial charge in [0.2, 0.25) is 0 Å². The second-order valence-electron chi connectivity index (χ2n) is 10.4. The molecule has 0 heterocycles. The Kier molecular flexibility index (Phi) is 14.7. The first-order valence-electron chi connectivity index (χ1n) is 15.0. The second kappa shape index (κ2) is 18.7. The Morgan fingerprint density at radius 1 is 0.750 bits per heavy atom. The van der Waals surface area contributed by atoms with Gasteiger partial charge in [0.15, 0.2) is 0 Å². The SMILES string of the molecule is CC(=O)OCCCCCCCCC[P+](c1ccccc1)(c1ccccc1)c1ccccc1.O=Cc1ccc(Cl)c([N+](=O)[O-])c1. The summed E-state index contributed by atoms with van der Waals surface area (Å²) in [4.78, 5) is 30.7. The highest BCUT2D eigenvalue weighted by molar-refractivity contribution is 7.95. The summed E-state index contributed by atoms with van der Waals surface area (Å²) in [6, 6.07) is 37.3. The van der Waals surface area contributed by atoms with Crippen LogP contribution < -0.4 is 15.9 Å². The minimum absolute atomic E-state index is 0.0330. The van der Waals surface area contributed by atoms with E-state index in [0.29, 0.717) is 12.9 Å². The first-order chi connectivity index (χ1) is 21.4. The lowest BCUT2D eigenvalue weighted by atomic mass is 10.1. The smallest absolute Gasteiger partial charge is 0.302 e. The van der Waals surface area contributed by atoms with Crippen LogP contribution in [-0.4, -0.2) is 29.9 Å². The van der Waals surface area contributed by atoms with E-state index < -0.39 is 12.2 Å². The summed E-state index contributed by atoms with van der Waals surface area (Å²) in [5.41, 5.74) is -0.00707. The summed E-state index contributed by atoms with van der Waals surface area (Å²) in [6.07, 6.45) is 10.1. The summed E-state index contributed by atoms with van der Waals surface area (Å²) < 4.78 is 5.02. The largest absolute Gasteiger partial charge is 0.466 e. The van der Waals surface area contributed by atoms with Gasteiger partial charge in [0.05, 0.1) is 17.7 Å². The number of aldehydes is 1. The summed E-state index contributed by atoms with van der Waals surface area (Å²) in [5.74, 6) is -0.174. The van der Waals surface area contributed by atoms with Gasteiger partial charge in [-0.25, -0.2) is 0 Å². The van der Waals surface area contributed by atoms with E-state index in [1.54, 1.807) is 0 Å². The summed E-state index contributed by atoms with van der Waals surface area (Å²) >= 11 is 5.49. The van der Waals surface area contributed by atoms with E-state index in [1.807, 2.05) is 0 Å². The number of benzene rings is 4. The fourth-order valence-electron chi connectivity index (χ4n) is 5.18. The molecule has 0 aliphatic rings. The molecule has 0 aromatic heterocycles. The van der Waals surface area contributed by atoms with Crippen molar-refractivity contribution in [2.24, 2.45) is 0 Å². The average Bonchev–Trinajstić information content (AvgIpc) is 3.05. The molecule has 0 atom stereocenters. The van der Waals surface area contributed by atoms with Crippen LogP contribution in [-0.2, 0) is 9.53 Å². The van der Waals surface area contributed by atoms with Crippen LogP contribution in [0.5, 0.6) is 0 Å². The van der Waals surface area contributed by atoms with Gasteiger partial charge in [-0.2, -0.15) is 0 Å². The molecule has 6 nitrogen and oxygen atoms in total. The van der Waals surface area contributed by atoms with E-state index in [4.69, 9.17) is 16.3 Å². The van der Waals surface area contributed by atoms with Crippen molar-refractivity contribution < 1.29 is 19.2 Å². The molecule has 0 bridgehead atoms. The van der Waals surface area contributed by atoms with Crippen molar-refractivity contribution >= 4 is 52.7 Å². The van der Waals surface area contributed by atoms with Crippen molar-refractivity contribution in [1.82, 2.24) is 0 Å². The monoisotopic (exact) mass is 632 g/mol. The molecular weight excluding hydrogens is 593 g/mol. The molecule has 0 saturated heterocycles. The van der Waals surface area contributed by atoms with Crippen LogP contribution in [0.15, 0.2) is 109 Å². The Labute approximate surface area is 265 Å². The number of ether oxygens (including phenoxy) is 1. The average molecular weight is 633 g/mol. The summed E-state index contributed by atoms with van der Waals surface area (Å²) in [6.45, 7) is 2.04. The molecule has 0 fully saturated rings. The molecule has 44 heavy (non-hydrogen) atoms. The number of nitro benzene ring substituents is 1. The summed E-state index contributed by atoms with van der Waals surface area (Å²) in [7, 11) is -1.68. The van der Waals surface area contributed by atoms with Crippen molar-refractivity contribution in [3.63, 3.8) is 0 Å². The normalized spacial score (nSPS) is 10.8. The van der Waals surface area contributed by atoms with Gasteiger partial charge in [-0.15, -0.1) is 0 Å². The van der Waals surface area contributed by atoms with E-state index >= 15 is 0 Å². The van der Waals surface area contributed by atoms with Gasteiger partial charge in [0.1, 0.15) is 34.5 Å². The zero-order valence-corrected chi connectivity index (χ0v) is 26.8. The minimum atomic E-state index is -1.68. The van der Waals surface area contributed by atoms with Gasteiger partial charge < -0.3 is 4.74 Å². The standard InChI is InChI=1S/C29H36O2P.C7H4ClNO3/c1-26(30)31-24-16-5-3-2-4-6-17-25-32(27-18-10-7-11-19-27,28-20-12-8-13-21-28)29-22-14-9-15-23-29;8-6-2-1-5(4-10)3-7(6)9(11)12/h7-15,18-23H,2-6,16-17,24-25H2,1H3;1-4H/q+1;. The Balaban J connectivity index is 0.000000369.